The van der Waals surface area contributed by atoms with Crippen LogP contribution in [0.3, 0.4) is 0 Å². The largest absolute Gasteiger partial charge is 0.453 e. The number of nitrogens with zero attached hydrogens (tertiary/aromatic N) is 2. The molecule has 0 unspecified atom stereocenters. The molecule has 1 heterocycles. The molecule has 5 heteroatoms. The van der Waals surface area contributed by atoms with Gasteiger partial charge >= 0.3 is 0 Å². The summed E-state index contributed by atoms with van der Waals surface area (Å²) in [6.45, 7) is 0. The van der Waals surface area contributed by atoms with Gasteiger partial charge in [0.2, 0.25) is 0 Å². The summed E-state index contributed by atoms with van der Waals surface area (Å²) < 4.78 is 18.8. The molecule has 0 radical (unpaired) electrons. The van der Waals surface area contributed by atoms with Crippen LogP contribution in [0.1, 0.15) is 5.56 Å². The van der Waals surface area contributed by atoms with E-state index in [0.717, 1.165) is 6.07 Å². The van der Waals surface area contributed by atoms with Gasteiger partial charge in [-0.05, 0) is 18.2 Å². The highest BCUT2D eigenvalue weighted by Crippen LogP contribution is 2.25. The molecule has 3 nitrogen and oxygen atoms in total. The smallest absolute Gasteiger partial charge is 0.167 e. The molecule has 1 aromatic carbocycles. The minimum absolute atomic E-state index is 0.0214. The van der Waals surface area contributed by atoms with E-state index < -0.39 is 5.82 Å². The van der Waals surface area contributed by atoms with Gasteiger partial charge in [0.05, 0.1) is 22.9 Å². The van der Waals surface area contributed by atoms with Crippen molar-refractivity contribution in [3.8, 4) is 17.6 Å². The maximum absolute atomic E-state index is 13.5. The van der Waals surface area contributed by atoms with E-state index in [1.165, 1.54) is 30.6 Å². The molecule has 1 aromatic heterocycles. The molecule has 84 valence electrons. The Morgan fingerprint density at radius 1 is 1.29 bits per heavy atom. The minimum Gasteiger partial charge on any atom is -0.453 e. The van der Waals surface area contributed by atoms with Gasteiger partial charge in [0.25, 0.3) is 0 Å². The molecule has 2 rings (SSSR count). The van der Waals surface area contributed by atoms with Crippen LogP contribution in [-0.4, -0.2) is 4.98 Å². The topological polar surface area (TPSA) is 45.9 Å². The number of hydrogen-bond donors (Lipinski definition) is 0. The lowest BCUT2D eigenvalue weighted by molar-refractivity contribution is 0.440. The first kappa shape index (κ1) is 11.4. The fourth-order valence-electron chi connectivity index (χ4n) is 1.23. The Morgan fingerprint density at radius 2 is 2.12 bits per heavy atom. The quantitative estimate of drug-likeness (QED) is 0.817. The summed E-state index contributed by atoms with van der Waals surface area (Å²) in [6.07, 6.45) is 2.87. The van der Waals surface area contributed by atoms with Gasteiger partial charge in [0.1, 0.15) is 5.75 Å². The Labute approximate surface area is 102 Å². The van der Waals surface area contributed by atoms with E-state index in [0.29, 0.717) is 10.8 Å². The Kier molecular flexibility index (Phi) is 3.22. The van der Waals surface area contributed by atoms with Crippen LogP contribution in [0.4, 0.5) is 4.39 Å². The lowest BCUT2D eigenvalue weighted by atomic mass is 10.2. The van der Waals surface area contributed by atoms with E-state index in [2.05, 4.69) is 4.98 Å². The first-order chi connectivity index (χ1) is 8.19. The minimum atomic E-state index is -0.607. The van der Waals surface area contributed by atoms with Crippen LogP contribution >= 0.6 is 11.6 Å². The van der Waals surface area contributed by atoms with Crippen LogP contribution < -0.4 is 4.74 Å². The molecule has 0 N–H and O–H groups in total. The Hall–Kier alpha value is -2.12. The molecule has 0 aliphatic rings. The third-order valence-corrected chi connectivity index (χ3v) is 2.18. The number of hydrogen-bond acceptors (Lipinski definition) is 3. The molecule has 0 aliphatic heterocycles. The fourth-order valence-corrected chi connectivity index (χ4v) is 1.39. The summed E-state index contributed by atoms with van der Waals surface area (Å²) in [4.78, 5) is 3.81. The van der Waals surface area contributed by atoms with Gasteiger partial charge in [-0.1, -0.05) is 11.6 Å². The zero-order valence-corrected chi connectivity index (χ0v) is 9.28. The highest BCUT2D eigenvalue weighted by atomic mass is 35.5. The summed E-state index contributed by atoms with van der Waals surface area (Å²) in [7, 11) is 0. The molecule has 0 bridgehead atoms. The molecule has 0 aliphatic carbocycles. The first-order valence-electron chi connectivity index (χ1n) is 4.67. The van der Waals surface area contributed by atoms with Gasteiger partial charge in [0.15, 0.2) is 11.6 Å². The summed E-state index contributed by atoms with van der Waals surface area (Å²) in [5.41, 5.74) is 0.235. The average Bonchev–Trinajstić information content (AvgIpc) is 2.32. The van der Waals surface area contributed by atoms with E-state index in [4.69, 9.17) is 21.6 Å². The molecular weight excluding hydrogens is 243 g/mol. The van der Waals surface area contributed by atoms with E-state index in [1.54, 1.807) is 0 Å². The number of pyridine rings is 1. The van der Waals surface area contributed by atoms with Crippen molar-refractivity contribution in [1.82, 2.24) is 4.98 Å². The third-order valence-electron chi connectivity index (χ3n) is 1.97. The molecule has 2 aromatic rings. The molecule has 0 saturated heterocycles. The van der Waals surface area contributed by atoms with E-state index in [1.807, 2.05) is 6.07 Å². The summed E-state index contributed by atoms with van der Waals surface area (Å²) in [5.74, 6) is -0.252. The van der Waals surface area contributed by atoms with Gasteiger partial charge in [-0.3, -0.25) is 4.98 Å². The molecule has 0 spiro atoms. The normalized spacial score (nSPS) is 9.71. The molecular formula is C12H6ClFN2O. The monoisotopic (exact) mass is 248 g/mol. The molecule has 0 atom stereocenters. The van der Waals surface area contributed by atoms with Gasteiger partial charge < -0.3 is 4.74 Å². The molecule has 0 amide bonds. The van der Waals surface area contributed by atoms with Crippen molar-refractivity contribution < 1.29 is 9.13 Å². The standard InChI is InChI=1S/C12H6ClFN2O/c13-9-4-10(7-16-6-9)17-12-2-1-8(5-15)3-11(12)14/h1-4,6-7H. The van der Waals surface area contributed by atoms with Crippen LogP contribution in [0.5, 0.6) is 11.5 Å². The number of aromatic nitrogens is 1. The zero-order valence-electron chi connectivity index (χ0n) is 8.52. The zero-order chi connectivity index (χ0) is 12.3. The van der Waals surface area contributed by atoms with Crippen molar-refractivity contribution in [2.45, 2.75) is 0 Å². The van der Waals surface area contributed by atoms with E-state index in [-0.39, 0.29) is 11.3 Å². The van der Waals surface area contributed by atoms with Crippen molar-refractivity contribution in [2.75, 3.05) is 0 Å². The van der Waals surface area contributed by atoms with Gasteiger partial charge in [-0.15, -0.1) is 0 Å². The average molecular weight is 249 g/mol. The van der Waals surface area contributed by atoms with Crippen LogP contribution in [0.25, 0.3) is 0 Å². The van der Waals surface area contributed by atoms with E-state index >= 15 is 0 Å². The second-order valence-electron chi connectivity index (χ2n) is 3.20. The lowest BCUT2D eigenvalue weighted by Crippen LogP contribution is -1.90. The Morgan fingerprint density at radius 3 is 2.76 bits per heavy atom. The second-order valence-corrected chi connectivity index (χ2v) is 3.63. The van der Waals surface area contributed by atoms with Crippen molar-refractivity contribution in [3.63, 3.8) is 0 Å². The number of rotatable bonds is 2. The highest BCUT2D eigenvalue weighted by molar-refractivity contribution is 6.30. The fraction of sp³-hybridized carbons (Fsp3) is 0. The molecule has 0 saturated carbocycles. The number of halogens is 2. The van der Waals surface area contributed by atoms with Crippen LogP contribution in [0.2, 0.25) is 5.02 Å². The van der Waals surface area contributed by atoms with E-state index in [9.17, 15) is 4.39 Å². The number of nitriles is 1. The van der Waals surface area contributed by atoms with Crippen LogP contribution in [-0.2, 0) is 0 Å². The van der Waals surface area contributed by atoms with Crippen molar-refractivity contribution in [2.24, 2.45) is 0 Å². The number of benzene rings is 1. The van der Waals surface area contributed by atoms with Crippen molar-refractivity contribution in [1.29, 1.82) is 5.26 Å². The Bertz CT molecular complexity index is 595. The highest BCUT2D eigenvalue weighted by Gasteiger charge is 2.06. The maximum Gasteiger partial charge on any atom is 0.167 e. The maximum atomic E-state index is 13.5. The predicted molar refractivity (Wildman–Crippen MR) is 60.4 cm³/mol. The summed E-state index contributed by atoms with van der Waals surface area (Å²) in [6, 6.07) is 7.32. The van der Waals surface area contributed by atoms with Crippen molar-refractivity contribution in [3.05, 3.63) is 53.1 Å². The van der Waals surface area contributed by atoms with Crippen LogP contribution in [0, 0.1) is 17.1 Å². The molecule has 17 heavy (non-hydrogen) atoms. The first-order valence-corrected chi connectivity index (χ1v) is 5.05. The summed E-state index contributed by atoms with van der Waals surface area (Å²) in [5, 5.41) is 8.99. The third kappa shape index (κ3) is 2.71. The second kappa shape index (κ2) is 4.81. The van der Waals surface area contributed by atoms with Crippen LogP contribution in [0.15, 0.2) is 36.7 Å². The van der Waals surface area contributed by atoms with Gasteiger partial charge in [-0.25, -0.2) is 4.39 Å². The predicted octanol–water partition coefficient (Wildman–Crippen LogP) is 3.54. The SMILES string of the molecule is N#Cc1ccc(Oc2cncc(Cl)c2)c(F)c1. The Balaban J connectivity index is 2.28. The number of ether oxygens (including phenoxy) is 1. The van der Waals surface area contributed by atoms with Gasteiger partial charge in [-0.2, -0.15) is 5.26 Å². The lowest BCUT2D eigenvalue weighted by Gasteiger charge is -2.06. The van der Waals surface area contributed by atoms with Crippen molar-refractivity contribution >= 4 is 11.6 Å². The summed E-state index contributed by atoms with van der Waals surface area (Å²) >= 11 is 5.72. The molecule has 0 fully saturated rings. The van der Waals surface area contributed by atoms with Gasteiger partial charge in [0, 0.05) is 12.3 Å².